The maximum atomic E-state index is 5.81. The smallest absolute Gasteiger partial charge is 0.0638 e. The highest BCUT2D eigenvalue weighted by atomic mass is 32.2. The monoisotopic (exact) mass is 234 g/mol. The zero-order valence-corrected chi connectivity index (χ0v) is 9.94. The lowest BCUT2D eigenvalue weighted by atomic mass is 10.4. The molecule has 0 bridgehead atoms. The lowest BCUT2D eigenvalue weighted by Crippen LogP contribution is -1.92. The molecule has 4 nitrogen and oxygen atoms in total. The highest BCUT2D eigenvalue weighted by molar-refractivity contribution is 7.98. The number of hydrogen-bond acceptors (Lipinski definition) is 4. The Labute approximate surface area is 98.9 Å². The minimum absolute atomic E-state index is 0.732. The summed E-state index contributed by atoms with van der Waals surface area (Å²) in [5.41, 5.74) is 7.75. The van der Waals surface area contributed by atoms with Gasteiger partial charge in [0.25, 0.3) is 0 Å². The third-order valence-electron chi connectivity index (χ3n) is 2.22. The minimum Gasteiger partial charge on any atom is -0.397 e. The Bertz CT molecular complexity index is 467. The molecule has 0 aromatic carbocycles. The molecule has 0 fully saturated rings. The average molecular weight is 234 g/mol. The molecule has 0 aliphatic carbocycles. The first-order valence-electron chi connectivity index (χ1n) is 5.13. The Morgan fingerprint density at radius 1 is 1.44 bits per heavy atom. The molecule has 84 valence electrons. The summed E-state index contributed by atoms with van der Waals surface area (Å²) in [6.07, 6.45) is 7.39. The maximum Gasteiger partial charge on any atom is 0.0638 e. The fraction of sp³-hybridized carbons (Fsp3) is 0.273. The number of aromatic nitrogens is 3. The summed E-state index contributed by atoms with van der Waals surface area (Å²) in [6.45, 7) is 2.98. The van der Waals surface area contributed by atoms with Gasteiger partial charge in [-0.25, -0.2) is 0 Å². The number of nitrogen functional groups attached to an aromatic ring is 1. The van der Waals surface area contributed by atoms with Gasteiger partial charge >= 0.3 is 0 Å². The van der Waals surface area contributed by atoms with Gasteiger partial charge in [0, 0.05) is 35.2 Å². The predicted molar refractivity (Wildman–Crippen MR) is 66.1 cm³/mol. The molecule has 16 heavy (non-hydrogen) atoms. The highest BCUT2D eigenvalue weighted by Crippen LogP contribution is 2.26. The molecule has 2 aromatic rings. The van der Waals surface area contributed by atoms with Crippen LogP contribution in [-0.2, 0) is 12.3 Å². The van der Waals surface area contributed by atoms with Crippen molar-refractivity contribution in [2.24, 2.45) is 0 Å². The Morgan fingerprint density at radius 3 is 3.00 bits per heavy atom. The summed E-state index contributed by atoms with van der Waals surface area (Å²) in [4.78, 5) is 5.03. The maximum absolute atomic E-state index is 5.81. The van der Waals surface area contributed by atoms with E-state index in [4.69, 9.17) is 5.73 Å². The van der Waals surface area contributed by atoms with E-state index in [9.17, 15) is 0 Å². The standard InChI is InChI=1S/C11H14N4S/c1-2-15-7-9(5-14-15)8-16-11-3-4-13-6-10(11)12/h3-7H,2,8,12H2,1H3. The number of rotatable bonds is 4. The zero-order valence-electron chi connectivity index (χ0n) is 9.13. The molecule has 0 saturated carbocycles. The van der Waals surface area contributed by atoms with Gasteiger partial charge in [0.2, 0.25) is 0 Å². The second-order valence-electron chi connectivity index (χ2n) is 3.41. The number of anilines is 1. The van der Waals surface area contributed by atoms with Gasteiger partial charge in [-0.2, -0.15) is 5.10 Å². The molecule has 2 rings (SSSR count). The van der Waals surface area contributed by atoms with Crippen molar-refractivity contribution < 1.29 is 0 Å². The van der Waals surface area contributed by atoms with Gasteiger partial charge in [-0.15, -0.1) is 11.8 Å². The molecule has 0 unspecified atom stereocenters. The first kappa shape index (κ1) is 11.0. The molecule has 5 heteroatoms. The summed E-state index contributed by atoms with van der Waals surface area (Å²) in [5.74, 6) is 0.883. The van der Waals surface area contributed by atoms with Gasteiger partial charge in [0.05, 0.1) is 18.1 Å². The number of pyridine rings is 1. The van der Waals surface area contributed by atoms with E-state index in [1.54, 1.807) is 24.2 Å². The zero-order chi connectivity index (χ0) is 11.4. The van der Waals surface area contributed by atoms with Crippen LogP contribution in [0.2, 0.25) is 0 Å². The number of nitrogens with two attached hydrogens (primary N) is 1. The molecule has 0 aliphatic heterocycles. The molecule has 0 aliphatic rings. The Kier molecular flexibility index (Phi) is 3.46. The van der Waals surface area contributed by atoms with E-state index in [1.807, 2.05) is 16.9 Å². The van der Waals surface area contributed by atoms with Crippen molar-refractivity contribution in [3.63, 3.8) is 0 Å². The second-order valence-corrected chi connectivity index (χ2v) is 4.42. The number of hydrogen-bond donors (Lipinski definition) is 1. The van der Waals surface area contributed by atoms with Crippen molar-refractivity contribution >= 4 is 17.4 Å². The normalized spacial score (nSPS) is 10.6. The highest BCUT2D eigenvalue weighted by Gasteiger charge is 2.02. The van der Waals surface area contributed by atoms with Crippen LogP contribution in [0.3, 0.4) is 0 Å². The molecule has 0 amide bonds. The average Bonchev–Trinajstić information content (AvgIpc) is 2.76. The molecular weight excluding hydrogens is 220 g/mol. The van der Waals surface area contributed by atoms with E-state index >= 15 is 0 Å². The van der Waals surface area contributed by atoms with Crippen molar-refractivity contribution in [2.75, 3.05) is 5.73 Å². The van der Waals surface area contributed by atoms with Gasteiger partial charge < -0.3 is 5.73 Å². The van der Waals surface area contributed by atoms with Crippen molar-refractivity contribution in [3.8, 4) is 0 Å². The van der Waals surface area contributed by atoms with Crippen molar-refractivity contribution in [1.82, 2.24) is 14.8 Å². The molecule has 2 heterocycles. The van der Waals surface area contributed by atoms with Gasteiger partial charge in [0.15, 0.2) is 0 Å². The van der Waals surface area contributed by atoms with Crippen molar-refractivity contribution in [3.05, 3.63) is 36.4 Å². The third kappa shape index (κ3) is 2.55. The van der Waals surface area contributed by atoms with Gasteiger partial charge in [-0.3, -0.25) is 9.67 Å². The van der Waals surface area contributed by atoms with Crippen LogP contribution in [0.15, 0.2) is 35.7 Å². The van der Waals surface area contributed by atoms with E-state index in [0.717, 1.165) is 22.9 Å². The molecule has 0 spiro atoms. The Hall–Kier alpha value is -1.49. The molecule has 0 saturated heterocycles. The van der Waals surface area contributed by atoms with Crippen LogP contribution in [0.1, 0.15) is 12.5 Å². The first-order valence-corrected chi connectivity index (χ1v) is 6.11. The van der Waals surface area contributed by atoms with Crippen LogP contribution in [0.25, 0.3) is 0 Å². The predicted octanol–water partition coefficient (Wildman–Crippen LogP) is 2.17. The number of nitrogens with zero attached hydrogens (tertiary/aromatic N) is 3. The lowest BCUT2D eigenvalue weighted by molar-refractivity contribution is 0.659. The molecule has 2 aromatic heterocycles. The Balaban J connectivity index is 1.99. The van der Waals surface area contributed by atoms with Gasteiger partial charge in [0.1, 0.15) is 0 Å². The molecule has 2 N–H and O–H groups in total. The summed E-state index contributed by atoms with van der Waals surface area (Å²) >= 11 is 1.71. The summed E-state index contributed by atoms with van der Waals surface area (Å²) < 4.78 is 1.92. The van der Waals surface area contributed by atoms with E-state index in [-0.39, 0.29) is 0 Å². The fourth-order valence-corrected chi connectivity index (χ4v) is 2.19. The fourth-order valence-electron chi connectivity index (χ4n) is 1.34. The third-order valence-corrected chi connectivity index (χ3v) is 3.38. The van der Waals surface area contributed by atoms with Crippen LogP contribution < -0.4 is 5.73 Å². The summed E-state index contributed by atoms with van der Waals surface area (Å²) in [6, 6.07) is 1.93. The van der Waals surface area contributed by atoms with E-state index < -0.39 is 0 Å². The molecule has 0 atom stereocenters. The van der Waals surface area contributed by atoms with Crippen LogP contribution in [-0.4, -0.2) is 14.8 Å². The Morgan fingerprint density at radius 2 is 2.31 bits per heavy atom. The van der Waals surface area contributed by atoms with Gasteiger partial charge in [-0.05, 0) is 13.0 Å². The van der Waals surface area contributed by atoms with E-state index in [0.29, 0.717) is 0 Å². The van der Waals surface area contributed by atoms with Crippen molar-refractivity contribution in [2.45, 2.75) is 24.1 Å². The number of aryl methyl sites for hydroxylation is 1. The van der Waals surface area contributed by atoms with Crippen LogP contribution in [0, 0.1) is 0 Å². The van der Waals surface area contributed by atoms with Crippen molar-refractivity contribution in [1.29, 1.82) is 0 Å². The van der Waals surface area contributed by atoms with Crippen LogP contribution in [0.5, 0.6) is 0 Å². The summed E-state index contributed by atoms with van der Waals surface area (Å²) in [7, 11) is 0. The SMILES string of the molecule is CCn1cc(CSc2ccncc2N)cn1. The lowest BCUT2D eigenvalue weighted by Gasteiger charge is -2.02. The molecular formula is C11H14N4S. The van der Waals surface area contributed by atoms with E-state index in [1.165, 1.54) is 5.56 Å². The summed E-state index contributed by atoms with van der Waals surface area (Å²) in [5, 5.41) is 4.23. The molecule has 0 radical (unpaired) electrons. The van der Waals surface area contributed by atoms with Crippen LogP contribution in [0.4, 0.5) is 5.69 Å². The van der Waals surface area contributed by atoms with E-state index in [2.05, 4.69) is 23.2 Å². The first-order chi connectivity index (χ1) is 7.79. The largest absolute Gasteiger partial charge is 0.397 e. The minimum atomic E-state index is 0.732. The quantitative estimate of drug-likeness (QED) is 0.824. The van der Waals surface area contributed by atoms with Gasteiger partial charge in [-0.1, -0.05) is 0 Å². The topological polar surface area (TPSA) is 56.7 Å². The van der Waals surface area contributed by atoms with Crippen LogP contribution >= 0.6 is 11.8 Å². The number of thioether (sulfide) groups is 1. The second kappa shape index (κ2) is 5.03.